The first-order valence-corrected chi connectivity index (χ1v) is 5.52. The highest BCUT2D eigenvalue weighted by molar-refractivity contribution is 5.88. The molecule has 1 N–H and O–H groups in total. The number of nitrogens with zero attached hydrogens (tertiary/aromatic N) is 4. The van der Waals surface area contributed by atoms with E-state index < -0.39 is 0 Å². The highest BCUT2D eigenvalue weighted by atomic mass is 16.4. The van der Waals surface area contributed by atoms with Crippen molar-refractivity contribution in [3.63, 3.8) is 0 Å². The maximum atomic E-state index is 8.66. The molecule has 2 aromatic rings. The van der Waals surface area contributed by atoms with E-state index in [0.717, 1.165) is 16.8 Å². The van der Waals surface area contributed by atoms with Crippen LogP contribution in [0.1, 0.15) is 12.0 Å². The third kappa shape index (κ3) is 2.55. The van der Waals surface area contributed by atoms with Crippen molar-refractivity contribution in [1.82, 2.24) is 9.78 Å². The first-order chi connectivity index (χ1) is 8.85. The molecule has 0 atom stereocenters. The summed E-state index contributed by atoms with van der Waals surface area (Å²) in [6.07, 6.45) is 3.50. The Labute approximate surface area is 105 Å². The van der Waals surface area contributed by atoms with Crippen molar-refractivity contribution >= 4 is 6.21 Å². The van der Waals surface area contributed by atoms with E-state index in [9.17, 15) is 0 Å². The van der Waals surface area contributed by atoms with Crippen LogP contribution in [0, 0.1) is 11.3 Å². The number of aryl methyl sites for hydroxylation is 1. The molecule has 2 rings (SSSR count). The van der Waals surface area contributed by atoms with Crippen molar-refractivity contribution in [2.24, 2.45) is 5.16 Å². The minimum Gasteiger partial charge on any atom is -0.411 e. The van der Waals surface area contributed by atoms with Gasteiger partial charge in [0.1, 0.15) is 5.69 Å². The van der Waals surface area contributed by atoms with Crippen LogP contribution in [-0.2, 0) is 6.54 Å². The van der Waals surface area contributed by atoms with Crippen molar-refractivity contribution in [2.45, 2.75) is 13.0 Å². The van der Waals surface area contributed by atoms with Crippen LogP contribution in [0.3, 0.4) is 0 Å². The molecule has 1 aromatic carbocycles. The van der Waals surface area contributed by atoms with Crippen LogP contribution in [-0.4, -0.2) is 21.2 Å². The van der Waals surface area contributed by atoms with Crippen molar-refractivity contribution in [3.05, 3.63) is 42.1 Å². The van der Waals surface area contributed by atoms with Crippen molar-refractivity contribution in [1.29, 1.82) is 5.26 Å². The highest BCUT2D eigenvalue weighted by Gasteiger charge is 2.09. The zero-order chi connectivity index (χ0) is 12.8. The quantitative estimate of drug-likeness (QED) is 0.506. The van der Waals surface area contributed by atoms with Crippen molar-refractivity contribution in [3.8, 4) is 17.3 Å². The maximum Gasteiger partial charge on any atom is 0.101 e. The van der Waals surface area contributed by atoms with Gasteiger partial charge in [0, 0.05) is 17.3 Å². The molecule has 5 nitrogen and oxygen atoms in total. The number of rotatable bonds is 4. The summed E-state index contributed by atoms with van der Waals surface area (Å²) in [7, 11) is 0. The summed E-state index contributed by atoms with van der Waals surface area (Å²) < 4.78 is 1.68. The SMILES string of the molecule is N#CCCn1cc(/C=N\O)c(-c2ccccc2)n1. The summed E-state index contributed by atoms with van der Waals surface area (Å²) in [5.41, 5.74) is 2.41. The van der Waals surface area contributed by atoms with Gasteiger partial charge >= 0.3 is 0 Å². The molecule has 1 heterocycles. The van der Waals surface area contributed by atoms with Gasteiger partial charge in [-0.2, -0.15) is 10.4 Å². The molecule has 0 saturated carbocycles. The minimum absolute atomic E-state index is 0.394. The molecule has 0 amide bonds. The fraction of sp³-hybridized carbons (Fsp3) is 0.154. The Morgan fingerprint density at radius 3 is 2.83 bits per heavy atom. The Morgan fingerprint density at radius 1 is 1.39 bits per heavy atom. The van der Waals surface area contributed by atoms with E-state index >= 15 is 0 Å². The lowest BCUT2D eigenvalue weighted by atomic mass is 10.1. The van der Waals surface area contributed by atoms with E-state index in [2.05, 4.69) is 16.3 Å². The Morgan fingerprint density at radius 2 is 2.17 bits per heavy atom. The number of nitriles is 1. The van der Waals surface area contributed by atoms with Crippen LogP contribution in [0.15, 0.2) is 41.7 Å². The van der Waals surface area contributed by atoms with Gasteiger partial charge in [-0.3, -0.25) is 4.68 Å². The van der Waals surface area contributed by atoms with Gasteiger partial charge in [0.25, 0.3) is 0 Å². The molecule has 0 radical (unpaired) electrons. The molecule has 0 bridgehead atoms. The van der Waals surface area contributed by atoms with Crippen LogP contribution in [0.4, 0.5) is 0 Å². The number of hydrogen-bond donors (Lipinski definition) is 1. The van der Waals surface area contributed by atoms with Crippen LogP contribution >= 0.6 is 0 Å². The zero-order valence-electron chi connectivity index (χ0n) is 9.69. The topological polar surface area (TPSA) is 74.2 Å². The van der Waals surface area contributed by atoms with Gasteiger partial charge in [0.2, 0.25) is 0 Å². The standard InChI is InChI=1S/C13H12N4O/c14-7-4-8-17-10-12(9-15-18)13(16-17)11-5-2-1-3-6-11/h1-3,5-6,9-10,18H,4,8H2/b15-9-. The monoisotopic (exact) mass is 240 g/mol. The predicted molar refractivity (Wildman–Crippen MR) is 67.3 cm³/mol. The average molecular weight is 240 g/mol. The minimum atomic E-state index is 0.394. The van der Waals surface area contributed by atoms with E-state index in [1.54, 1.807) is 10.9 Å². The molecule has 0 aliphatic rings. The van der Waals surface area contributed by atoms with E-state index in [1.807, 2.05) is 30.3 Å². The fourth-order valence-corrected chi connectivity index (χ4v) is 1.69. The Bertz CT molecular complexity index is 581. The molecule has 1 aromatic heterocycles. The third-order valence-electron chi connectivity index (χ3n) is 2.49. The molecule has 0 aliphatic carbocycles. The smallest absolute Gasteiger partial charge is 0.101 e. The van der Waals surface area contributed by atoms with Gasteiger partial charge in [-0.15, -0.1) is 0 Å². The highest BCUT2D eigenvalue weighted by Crippen LogP contribution is 2.20. The summed E-state index contributed by atoms with van der Waals surface area (Å²) in [4.78, 5) is 0. The Hall–Kier alpha value is -2.61. The van der Waals surface area contributed by atoms with Crippen molar-refractivity contribution < 1.29 is 5.21 Å². The number of aromatic nitrogens is 2. The van der Waals surface area contributed by atoms with Gasteiger partial charge in [-0.05, 0) is 0 Å². The largest absolute Gasteiger partial charge is 0.411 e. The van der Waals surface area contributed by atoms with Gasteiger partial charge in [0.15, 0.2) is 0 Å². The molecule has 0 fully saturated rings. The van der Waals surface area contributed by atoms with Gasteiger partial charge in [0.05, 0.1) is 25.2 Å². The lowest BCUT2D eigenvalue weighted by Crippen LogP contribution is -1.97. The average Bonchev–Trinajstić information content (AvgIpc) is 2.81. The summed E-state index contributed by atoms with van der Waals surface area (Å²) in [6, 6.07) is 11.7. The summed E-state index contributed by atoms with van der Waals surface area (Å²) in [5, 5.41) is 24.7. The lowest BCUT2D eigenvalue weighted by Gasteiger charge is -1.97. The summed E-state index contributed by atoms with van der Waals surface area (Å²) >= 11 is 0. The van der Waals surface area contributed by atoms with E-state index in [1.165, 1.54) is 6.21 Å². The van der Waals surface area contributed by atoms with Crippen LogP contribution in [0.5, 0.6) is 0 Å². The van der Waals surface area contributed by atoms with Crippen molar-refractivity contribution in [2.75, 3.05) is 0 Å². The molecular formula is C13H12N4O. The second-order valence-electron chi connectivity index (χ2n) is 3.71. The first kappa shape index (κ1) is 11.9. The van der Waals surface area contributed by atoms with Gasteiger partial charge < -0.3 is 5.21 Å². The molecule has 18 heavy (non-hydrogen) atoms. The number of oxime groups is 1. The van der Waals surface area contributed by atoms with Crippen LogP contribution in [0.25, 0.3) is 11.3 Å². The van der Waals surface area contributed by atoms with Gasteiger partial charge in [-0.25, -0.2) is 0 Å². The molecular weight excluding hydrogens is 228 g/mol. The van der Waals surface area contributed by atoms with Crippen LogP contribution in [0.2, 0.25) is 0 Å². The van der Waals surface area contributed by atoms with E-state index in [4.69, 9.17) is 10.5 Å². The zero-order valence-corrected chi connectivity index (χ0v) is 9.69. The predicted octanol–water partition coefficient (Wildman–Crippen LogP) is 2.27. The Balaban J connectivity index is 2.39. The second kappa shape index (κ2) is 5.64. The summed E-state index contributed by atoms with van der Waals surface area (Å²) in [5.74, 6) is 0. The molecule has 0 unspecified atom stereocenters. The lowest BCUT2D eigenvalue weighted by molar-refractivity contribution is 0.322. The van der Waals surface area contributed by atoms with Crippen LogP contribution < -0.4 is 0 Å². The number of benzene rings is 1. The fourth-order valence-electron chi connectivity index (χ4n) is 1.69. The first-order valence-electron chi connectivity index (χ1n) is 5.52. The summed E-state index contributed by atoms with van der Waals surface area (Å²) in [6.45, 7) is 0.523. The normalized spacial score (nSPS) is 10.6. The molecule has 0 spiro atoms. The Kier molecular flexibility index (Phi) is 3.72. The second-order valence-corrected chi connectivity index (χ2v) is 3.71. The molecule has 0 saturated heterocycles. The van der Waals surface area contributed by atoms with Gasteiger partial charge in [-0.1, -0.05) is 35.5 Å². The molecule has 5 heteroatoms. The maximum absolute atomic E-state index is 8.66. The molecule has 0 aliphatic heterocycles. The number of hydrogen-bond acceptors (Lipinski definition) is 4. The molecule has 90 valence electrons. The van der Waals surface area contributed by atoms with E-state index in [-0.39, 0.29) is 0 Å². The van der Waals surface area contributed by atoms with E-state index in [0.29, 0.717) is 13.0 Å². The third-order valence-corrected chi connectivity index (χ3v) is 2.49.